The molecule has 0 saturated carbocycles. The Bertz CT molecular complexity index is 177. The lowest BCUT2D eigenvalue weighted by atomic mass is 10.3. The maximum absolute atomic E-state index is 12.1. The molecule has 4 nitrogen and oxygen atoms in total. The molecule has 0 saturated heterocycles. The van der Waals surface area contributed by atoms with Crippen LogP contribution in [0.3, 0.4) is 0 Å². The highest BCUT2D eigenvalue weighted by Gasteiger charge is 2.13. The Morgan fingerprint density at radius 2 is 2.18 bits per heavy atom. The minimum absolute atomic E-state index is 0.0264. The van der Waals surface area contributed by atoms with E-state index < -0.39 is 24.5 Å². The molecule has 0 aliphatic rings. The summed E-state index contributed by atoms with van der Waals surface area (Å²) in [4.78, 5) is 30.1. The highest BCUT2D eigenvalue weighted by molar-refractivity contribution is 5.85. The minimum atomic E-state index is -1.89. The molecule has 0 bridgehead atoms. The molecule has 11 heavy (non-hydrogen) atoms. The van der Waals surface area contributed by atoms with E-state index in [1.165, 1.54) is 0 Å². The predicted molar refractivity (Wildman–Crippen MR) is 32.3 cm³/mol. The topological polar surface area (TPSA) is 60.4 Å². The van der Waals surface area contributed by atoms with Gasteiger partial charge in [-0.3, -0.25) is 9.59 Å². The molecule has 1 unspecified atom stereocenters. The molecule has 0 aliphatic carbocycles. The van der Waals surface area contributed by atoms with Gasteiger partial charge >= 0.3 is 11.9 Å². The van der Waals surface area contributed by atoms with Crippen molar-refractivity contribution < 1.29 is 23.5 Å². The molecule has 0 rings (SSSR count). The van der Waals surface area contributed by atoms with E-state index >= 15 is 0 Å². The van der Waals surface area contributed by atoms with Gasteiger partial charge in [-0.1, -0.05) is 0 Å². The molecule has 0 aliphatic heterocycles. The van der Waals surface area contributed by atoms with Crippen molar-refractivity contribution in [2.24, 2.45) is 0 Å². The first kappa shape index (κ1) is 9.74. The van der Waals surface area contributed by atoms with Gasteiger partial charge in [0.25, 0.3) is 0 Å². The molecule has 1 atom stereocenters. The molecule has 0 aromatic carbocycles. The summed E-state index contributed by atoms with van der Waals surface area (Å²) < 4.78 is 16.0. The lowest BCUT2D eigenvalue weighted by Crippen LogP contribution is -2.15. The number of aldehydes is 1. The van der Waals surface area contributed by atoms with E-state index in [0.717, 1.165) is 6.92 Å². The number of halogens is 1. The number of ether oxygens (including phenoxy) is 1. The highest BCUT2D eigenvalue weighted by Crippen LogP contribution is 1.96. The summed E-state index contributed by atoms with van der Waals surface area (Å²) in [7, 11) is 0. The highest BCUT2D eigenvalue weighted by atomic mass is 19.1. The van der Waals surface area contributed by atoms with Crippen LogP contribution in [0.2, 0.25) is 0 Å². The number of hydrogen-bond donors (Lipinski definition) is 0. The van der Waals surface area contributed by atoms with Crippen molar-refractivity contribution in [2.75, 3.05) is 0 Å². The minimum Gasteiger partial charge on any atom is -0.393 e. The van der Waals surface area contributed by atoms with Gasteiger partial charge in [-0.15, -0.1) is 0 Å². The number of esters is 2. The van der Waals surface area contributed by atoms with Crippen LogP contribution >= 0.6 is 0 Å². The van der Waals surface area contributed by atoms with E-state index in [1.54, 1.807) is 0 Å². The van der Waals surface area contributed by atoms with Crippen molar-refractivity contribution in [3.8, 4) is 0 Å². The second-order valence-electron chi connectivity index (χ2n) is 1.82. The van der Waals surface area contributed by atoms with E-state index in [2.05, 4.69) is 4.74 Å². The Balaban J connectivity index is 3.69. The summed E-state index contributed by atoms with van der Waals surface area (Å²) >= 11 is 0. The third-order valence-electron chi connectivity index (χ3n) is 0.767. The molecular weight excluding hydrogens is 155 g/mol. The molecule has 0 spiro atoms. The number of rotatable bonds is 3. The Kier molecular flexibility index (Phi) is 4.02. The maximum Gasteiger partial charge on any atom is 0.316 e. The second-order valence-corrected chi connectivity index (χ2v) is 1.82. The van der Waals surface area contributed by atoms with Crippen molar-refractivity contribution in [3.63, 3.8) is 0 Å². The van der Waals surface area contributed by atoms with Gasteiger partial charge in [0.2, 0.25) is 0 Å². The van der Waals surface area contributed by atoms with Gasteiger partial charge < -0.3 is 9.53 Å². The predicted octanol–water partition coefficient (Wildman–Crippen LogP) is 0.00320. The number of hydrogen-bond acceptors (Lipinski definition) is 4. The molecule has 0 N–H and O–H groups in total. The smallest absolute Gasteiger partial charge is 0.316 e. The summed E-state index contributed by atoms with van der Waals surface area (Å²) in [6, 6.07) is 0. The summed E-state index contributed by atoms with van der Waals surface area (Å²) in [6.07, 6.45) is -2.62. The van der Waals surface area contributed by atoms with Gasteiger partial charge in [0.05, 0.1) is 6.42 Å². The molecule has 0 aromatic rings. The Labute approximate surface area is 62.3 Å². The first-order valence-electron chi connectivity index (χ1n) is 2.87. The first-order chi connectivity index (χ1) is 5.06. The van der Waals surface area contributed by atoms with Crippen molar-refractivity contribution >= 4 is 18.2 Å². The maximum atomic E-state index is 12.1. The van der Waals surface area contributed by atoms with Crippen LogP contribution in [0, 0.1) is 0 Å². The second kappa shape index (κ2) is 4.54. The molecule has 5 heteroatoms. The van der Waals surface area contributed by atoms with Gasteiger partial charge in [-0.05, 0) is 0 Å². The molecule has 0 fully saturated rings. The van der Waals surface area contributed by atoms with E-state index in [9.17, 15) is 18.8 Å². The van der Waals surface area contributed by atoms with Crippen LogP contribution in [0.1, 0.15) is 13.3 Å². The quantitative estimate of drug-likeness (QED) is 0.333. The van der Waals surface area contributed by atoms with Crippen LogP contribution in [0.25, 0.3) is 0 Å². The average Bonchev–Trinajstić information content (AvgIpc) is 1.85. The third kappa shape index (κ3) is 5.20. The van der Waals surface area contributed by atoms with Crippen LogP contribution in [0.5, 0.6) is 0 Å². The monoisotopic (exact) mass is 162 g/mol. The fourth-order valence-corrected chi connectivity index (χ4v) is 0.409. The van der Waals surface area contributed by atoms with Gasteiger partial charge in [0.1, 0.15) is 0 Å². The van der Waals surface area contributed by atoms with Gasteiger partial charge in [0, 0.05) is 6.92 Å². The first-order valence-corrected chi connectivity index (χ1v) is 2.87. The largest absolute Gasteiger partial charge is 0.393 e. The van der Waals surface area contributed by atoms with Crippen molar-refractivity contribution in [3.05, 3.63) is 0 Å². The van der Waals surface area contributed by atoms with E-state index in [4.69, 9.17) is 0 Å². The summed E-state index contributed by atoms with van der Waals surface area (Å²) in [5.74, 6) is -1.84. The van der Waals surface area contributed by atoms with Crippen molar-refractivity contribution in [2.45, 2.75) is 19.5 Å². The number of carbonyl (C=O) groups excluding carboxylic acids is 3. The van der Waals surface area contributed by atoms with Crippen LogP contribution in [0.4, 0.5) is 4.39 Å². The molecule has 0 amide bonds. The zero-order valence-electron chi connectivity index (χ0n) is 5.87. The van der Waals surface area contributed by atoms with Gasteiger partial charge in [-0.2, -0.15) is 0 Å². The molecule has 0 heterocycles. The van der Waals surface area contributed by atoms with Crippen LogP contribution < -0.4 is 0 Å². The summed E-state index contributed by atoms with van der Waals surface area (Å²) in [6.45, 7) is 1.02. The van der Waals surface area contributed by atoms with Gasteiger partial charge in [0.15, 0.2) is 12.5 Å². The fourth-order valence-electron chi connectivity index (χ4n) is 0.409. The molecule has 62 valence electrons. The zero-order chi connectivity index (χ0) is 8.85. The Morgan fingerprint density at radius 1 is 1.64 bits per heavy atom. The molecule has 0 aromatic heterocycles. The number of carbonyl (C=O) groups is 3. The standard InChI is InChI=1S/C6H7FO4/c1-4(9)11-6(10)2-5(7)3-8/h3,5H,2H2,1H3. The van der Waals surface area contributed by atoms with Gasteiger partial charge in [-0.25, -0.2) is 4.39 Å². The van der Waals surface area contributed by atoms with Crippen molar-refractivity contribution in [1.82, 2.24) is 0 Å². The lowest BCUT2D eigenvalue weighted by molar-refractivity contribution is -0.159. The normalized spacial score (nSPS) is 11.8. The summed E-state index contributed by atoms with van der Waals surface area (Å²) in [5.41, 5.74) is 0. The van der Waals surface area contributed by atoms with E-state index in [1.807, 2.05) is 0 Å². The summed E-state index contributed by atoms with van der Waals surface area (Å²) in [5, 5.41) is 0. The van der Waals surface area contributed by atoms with Crippen molar-refractivity contribution in [1.29, 1.82) is 0 Å². The SMILES string of the molecule is CC(=O)OC(=O)CC(F)C=O. The van der Waals surface area contributed by atoms with E-state index in [-0.39, 0.29) is 6.29 Å². The molecular formula is C6H7FO4. The molecule has 0 radical (unpaired) electrons. The fraction of sp³-hybridized carbons (Fsp3) is 0.500. The average molecular weight is 162 g/mol. The number of alkyl halides is 1. The Morgan fingerprint density at radius 3 is 2.55 bits per heavy atom. The third-order valence-corrected chi connectivity index (χ3v) is 0.767. The lowest BCUT2D eigenvalue weighted by Gasteiger charge is -1.98. The Hall–Kier alpha value is -1.26. The van der Waals surface area contributed by atoms with Crippen LogP contribution in [0.15, 0.2) is 0 Å². The van der Waals surface area contributed by atoms with Crippen LogP contribution in [-0.4, -0.2) is 24.4 Å². The zero-order valence-corrected chi connectivity index (χ0v) is 5.87. The van der Waals surface area contributed by atoms with E-state index in [0.29, 0.717) is 0 Å². The van der Waals surface area contributed by atoms with Crippen LogP contribution in [-0.2, 0) is 19.1 Å².